The van der Waals surface area contributed by atoms with Gasteiger partial charge in [-0.3, -0.25) is 4.79 Å². The summed E-state index contributed by atoms with van der Waals surface area (Å²) in [5, 5.41) is 0. The number of benzene rings is 2. The molecule has 1 heterocycles. The SMILES string of the molecule is CCS(=O)(=O)N(CC(=O)N(Cc1ccc(C)cc1)C1CCN(S(=O)(=O)Cc2ccccc2)CC1)CC(C)C. The first kappa shape index (κ1) is 30.3. The normalized spacial score (nSPS) is 15.7. The fourth-order valence-electron chi connectivity index (χ4n) is 4.73. The maximum absolute atomic E-state index is 13.7. The second-order valence-electron chi connectivity index (χ2n) is 10.5. The van der Waals surface area contributed by atoms with Crippen LogP contribution < -0.4 is 0 Å². The third-order valence-corrected chi connectivity index (χ3v) is 10.5. The van der Waals surface area contributed by atoms with Crippen LogP contribution in [0.3, 0.4) is 0 Å². The largest absolute Gasteiger partial charge is 0.334 e. The molecule has 1 aliphatic rings. The van der Waals surface area contributed by atoms with Crippen LogP contribution in [-0.2, 0) is 37.1 Å². The minimum Gasteiger partial charge on any atom is -0.334 e. The Morgan fingerprint density at radius 1 is 0.947 bits per heavy atom. The molecule has 2 aromatic carbocycles. The Bertz CT molecular complexity index is 1260. The summed E-state index contributed by atoms with van der Waals surface area (Å²) >= 11 is 0. The summed E-state index contributed by atoms with van der Waals surface area (Å²) < 4.78 is 54.4. The van der Waals surface area contributed by atoms with Gasteiger partial charge in [-0.25, -0.2) is 21.1 Å². The van der Waals surface area contributed by atoms with Crippen LogP contribution in [0, 0.1) is 12.8 Å². The van der Waals surface area contributed by atoms with Gasteiger partial charge in [-0.15, -0.1) is 0 Å². The lowest BCUT2D eigenvalue weighted by Crippen LogP contribution is -2.51. The van der Waals surface area contributed by atoms with E-state index in [4.69, 9.17) is 0 Å². The molecule has 1 aliphatic heterocycles. The lowest BCUT2D eigenvalue weighted by Gasteiger charge is -2.39. The van der Waals surface area contributed by atoms with E-state index in [0.29, 0.717) is 32.5 Å². The first-order valence-electron chi connectivity index (χ1n) is 13.3. The molecule has 3 rings (SSSR count). The lowest BCUT2D eigenvalue weighted by molar-refractivity contribution is -0.135. The van der Waals surface area contributed by atoms with Gasteiger partial charge in [-0.05, 0) is 43.7 Å². The summed E-state index contributed by atoms with van der Waals surface area (Å²) in [5.74, 6) is -0.298. The zero-order valence-electron chi connectivity index (χ0n) is 22.9. The van der Waals surface area contributed by atoms with E-state index in [1.54, 1.807) is 24.0 Å². The van der Waals surface area contributed by atoms with Crippen LogP contribution in [0.25, 0.3) is 0 Å². The molecule has 38 heavy (non-hydrogen) atoms. The summed E-state index contributed by atoms with van der Waals surface area (Å²) in [6, 6.07) is 16.9. The number of carbonyl (C=O) groups excluding carboxylic acids is 1. The molecule has 8 nitrogen and oxygen atoms in total. The van der Waals surface area contributed by atoms with E-state index in [9.17, 15) is 21.6 Å². The van der Waals surface area contributed by atoms with E-state index in [-0.39, 0.29) is 42.5 Å². The molecule has 2 aromatic rings. The van der Waals surface area contributed by atoms with Crippen molar-refractivity contribution in [3.63, 3.8) is 0 Å². The number of sulfonamides is 2. The van der Waals surface area contributed by atoms with Crippen molar-refractivity contribution in [1.29, 1.82) is 0 Å². The standard InChI is InChI=1S/C28H41N3O5S2/c1-5-37(33,34)30(19-23(2)3)21-28(32)31(20-25-13-11-24(4)12-14-25)27-15-17-29(18-16-27)38(35,36)22-26-9-7-6-8-10-26/h6-14,23,27H,5,15-22H2,1-4H3. The van der Waals surface area contributed by atoms with Gasteiger partial charge in [0, 0.05) is 32.2 Å². The fraction of sp³-hybridized carbons (Fsp3) is 0.536. The number of nitrogens with zero attached hydrogens (tertiary/aromatic N) is 3. The van der Waals surface area contributed by atoms with Gasteiger partial charge in [0.05, 0.1) is 18.1 Å². The third kappa shape index (κ3) is 8.36. The minimum atomic E-state index is -3.55. The molecule has 0 atom stereocenters. The van der Waals surface area contributed by atoms with E-state index in [2.05, 4.69) is 0 Å². The average molecular weight is 564 g/mol. The zero-order chi connectivity index (χ0) is 27.9. The van der Waals surface area contributed by atoms with Gasteiger partial charge in [0.2, 0.25) is 26.0 Å². The highest BCUT2D eigenvalue weighted by molar-refractivity contribution is 7.89. The second kappa shape index (κ2) is 13.2. The Morgan fingerprint density at radius 2 is 1.55 bits per heavy atom. The molecule has 1 amide bonds. The van der Waals surface area contributed by atoms with Crippen LogP contribution in [0.2, 0.25) is 0 Å². The summed E-state index contributed by atoms with van der Waals surface area (Å²) in [7, 11) is -7.04. The first-order valence-corrected chi connectivity index (χ1v) is 16.5. The van der Waals surface area contributed by atoms with Crippen molar-refractivity contribution < 1.29 is 21.6 Å². The van der Waals surface area contributed by atoms with Gasteiger partial charge >= 0.3 is 0 Å². The molecule has 1 fully saturated rings. The predicted molar refractivity (Wildman–Crippen MR) is 151 cm³/mol. The number of amides is 1. The van der Waals surface area contributed by atoms with Gasteiger partial charge in [-0.2, -0.15) is 4.31 Å². The number of carbonyl (C=O) groups is 1. The Labute approximate surface area is 228 Å². The molecule has 0 bridgehead atoms. The highest BCUT2D eigenvalue weighted by Crippen LogP contribution is 2.24. The van der Waals surface area contributed by atoms with Crippen molar-refractivity contribution in [3.05, 3.63) is 71.3 Å². The van der Waals surface area contributed by atoms with E-state index in [1.165, 1.54) is 8.61 Å². The van der Waals surface area contributed by atoms with Crippen molar-refractivity contribution in [2.24, 2.45) is 5.92 Å². The zero-order valence-corrected chi connectivity index (χ0v) is 24.5. The molecule has 10 heteroatoms. The topological polar surface area (TPSA) is 95.1 Å². The van der Waals surface area contributed by atoms with Crippen LogP contribution in [0.15, 0.2) is 54.6 Å². The second-order valence-corrected chi connectivity index (χ2v) is 14.7. The van der Waals surface area contributed by atoms with Crippen LogP contribution in [0.4, 0.5) is 0 Å². The molecule has 0 radical (unpaired) electrons. The molecule has 0 aromatic heterocycles. The number of hydrogen-bond donors (Lipinski definition) is 0. The van der Waals surface area contributed by atoms with Crippen LogP contribution in [-0.4, -0.2) is 74.2 Å². The number of aryl methyl sites for hydroxylation is 1. The Morgan fingerprint density at radius 3 is 2.11 bits per heavy atom. The summed E-state index contributed by atoms with van der Waals surface area (Å²) in [5.41, 5.74) is 2.81. The third-order valence-electron chi connectivity index (χ3n) is 6.88. The molecule has 210 valence electrons. The highest BCUT2D eigenvalue weighted by Gasteiger charge is 2.34. The first-order chi connectivity index (χ1) is 17.9. The van der Waals surface area contributed by atoms with E-state index in [0.717, 1.165) is 16.7 Å². The summed E-state index contributed by atoms with van der Waals surface area (Å²) in [6.45, 7) is 8.49. The maximum atomic E-state index is 13.7. The van der Waals surface area contributed by atoms with Crippen molar-refractivity contribution in [2.75, 3.05) is 31.9 Å². The van der Waals surface area contributed by atoms with Gasteiger partial charge in [-0.1, -0.05) is 74.0 Å². The fourth-order valence-corrected chi connectivity index (χ4v) is 7.49. The maximum Gasteiger partial charge on any atom is 0.238 e. The summed E-state index contributed by atoms with van der Waals surface area (Å²) in [6.07, 6.45) is 0.993. The number of rotatable bonds is 12. The Kier molecular flexibility index (Phi) is 10.5. The number of hydrogen-bond acceptors (Lipinski definition) is 5. The molecule has 0 saturated carbocycles. The molecule has 0 aliphatic carbocycles. The van der Waals surface area contributed by atoms with Crippen molar-refractivity contribution in [2.45, 2.75) is 58.9 Å². The lowest BCUT2D eigenvalue weighted by atomic mass is 10.0. The van der Waals surface area contributed by atoms with Gasteiger partial charge in [0.1, 0.15) is 0 Å². The van der Waals surface area contributed by atoms with Crippen molar-refractivity contribution >= 4 is 26.0 Å². The van der Waals surface area contributed by atoms with Crippen LogP contribution >= 0.6 is 0 Å². The molecule has 0 spiro atoms. The van der Waals surface area contributed by atoms with Crippen molar-refractivity contribution in [1.82, 2.24) is 13.5 Å². The summed E-state index contributed by atoms with van der Waals surface area (Å²) in [4.78, 5) is 15.4. The van der Waals surface area contributed by atoms with Crippen LogP contribution in [0.5, 0.6) is 0 Å². The Balaban J connectivity index is 1.77. The number of piperidine rings is 1. The Hall–Kier alpha value is -2.27. The molecule has 0 unspecified atom stereocenters. The minimum absolute atomic E-state index is 0.0520. The van der Waals surface area contributed by atoms with Crippen molar-refractivity contribution in [3.8, 4) is 0 Å². The average Bonchev–Trinajstić information content (AvgIpc) is 2.88. The van der Waals surface area contributed by atoms with E-state index < -0.39 is 20.0 Å². The quantitative estimate of drug-likeness (QED) is 0.393. The molecule has 1 saturated heterocycles. The molecular weight excluding hydrogens is 522 g/mol. The smallest absolute Gasteiger partial charge is 0.238 e. The molecule has 0 N–H and O–H groups in total. The highest BCUT2D eigenvalue weighted by atomic mass is 32.2. The van der Waals surface area contributed by atoms with E-state index >= 15 is 0 Å². The van der Waals surface area contributed by atoms with E-state index in [1.807, 2.05) is 63.2 Å². The van der Waals surface area contributed by atoms with Gasteiger partial charge in [0.25, 0.3) is 0 Å². The predicted octanol–water partition coefficient (Wildman–Crippen LogP) is 3.63. The molecular formula is C28H41N3O5S2. The van der Waals surface area contributed by atoms with Crippen LogP contribution in [0.1, 0.15) is 50.3 Å². The monoisotopic (exact) mass is 563 g/mol. The van der Waals surface area contributed by atoms with Gasteiger partial charge in [0.15, 0.2) is 0 Å². The van der Waals surface area contributed by atoms with Gasteiger partial charge < -0.3 is 4.90 Å².